The summed E-state index contributed by atoms with van der Waals surface area (Å²) >= 11 is 0. The first kappa shape index (κ1) is 22.1. The number of benzene rings is 1. The second kappa shape index (κ2) is 8.07. The molecule has 1 atom stereocenters. The van der Waals surface area contributed by atoms with Crippen molar-refractivity contribution < 1.29 is 13.2 Å². The zero-order chi connectivity index (χ0) is 19.1. The molecule has 1 aromatic rings. The van der Waals surface area contributed by atoms with E-state index in [1.807, 2.05) is 20.8 Å². The average Bonchev–Trinajstić information content (AvgIpc) is 3.29. The third kappa shape index (κ3) is 4.31. The predicted octanol–water partition coefficient (Wildman–Crippen LogP) is 2.77. The van der Waals surface area contributed by atoms with Crippen LogP contribution in [-0.4, -0.2) is 44.8 Å². The number of carbonyl (C=O) groups excluding carboxylic acids is 1. The second-order valence-electron chi connectivity index (χ2n) is 7.95. The van der Waals surface area contributed by atoms with Gasteiger partial charge in [-0.1, -0.05) is 6.07 Å². The number of carbonyl (C=O) groups is 1. The van der Waals surface area contributed by atoms with E-state index in [4.69, 9.17) is 0 Å². The Kier molecular flexibility index (Phi) is 6.62. The third-order valence-electron chi connectivity index (χ3n) is 5.98. The molecule has 1 aliphatic carbocycles. The normalized spacial score (nSPS) is 21.2. The van der Waals surface area contributed by atoms with Crippen molar-refractivity contribution in [2.45, 2.75) is 51.0 Å². The maximum Gasteiger partial charge on any atom is 0.243 e. The molecule has 1 aromatic carbocycles. The summed E-state index contributed by atoms with van der Waals surface area (Å²) in [5.41, 5.74) is 1.61. The van der Waals surface area contributed by atoms with Gasteiger partial charge in [-0.15, -0.1) is 12.4 Å². The molecular weight excluding hydrogens is 386 g/mol. The Labute approximate surface area is 168 Å². The maximum atomic E-state index is 12.7. The van der Waals surface area contributed by atoms with E-state index in [-0.39, 0.29) is 40.6 Å². The topological polar surface area (TPSA) is 78.5 Å². The smallest absolute Gasteiger partial charge is 0.243 e. The molecule has 2 aliphatic rings. The van der Waals surface area contributed by atoms with Crippen LogP contribution in [0.5, 0.6) is 0 Å². The van der Waals surface area contributed by atoms with E-state index in [0.717, 1.165) is 37.9 Å². The van der Waals surface area contributed by atoms with E-state index in [0.29, 0.717) is 5.69 Å². The number of piperidine rings is 1. The van der Waals surface area contributed by atoms with E-state index < -0.39 is 10.0 Å². The molecule has 2 fully saturated rings. The van der Waals surface area contributed by atoms with E-state index >= 15 is 0 Å². The monoisotopic (exact) mass is 415 g/mol. The zero-order valence-electron chi connectivity index (χ0n) is 16.4. The van der Waals surface area contributed by atoms with Crippen molar-refractivity contribution in [3.8, 4) is 0 Å². The summed E-state index contributed by atoms with van der Waals surface area (Å²) in [7, 11) is -2.00. The number of sulfonamides is 1. The maximum absolute atomic E-state index is 12.7. The van der Waals surface area contributed by atoms with Gasteiger partial charge in [0, 0.05) is 24.7 Å². The van der Waals surface area contributed by atoms with Gasteiger partial charge in [-0.2, -0.15) is 4.31 Å². The minimum absolute atomic E-state index is 0. The summed E-state index contributed by atoms with van der Waals surface area (Å²) in [5, 5.41) is 6.32. The van der Waals surface area contributed by atoms with Crippen LogP contribution in [0.15, 0.2) is 23.1 Å². The molecule has 0 aromatic heterocycles. The van der Waals surface area contributed by atoms with Gasteiger partial charge in [-0.3, -0.25) is 4.79 Å². The first-order chi connectivity index (χ1) is 12.2. The molecule has 0 radical (unpaired) electrons. The van der Waals surface area contributed by atoms with Gasteiger partial charge in [0.2, 0.25) is 15.9 Å². The Hall–Kier alpha value is -1.15. The van der Waals surface area contributed by atoms with Crippen molar-refractivity contribution in [3.63, 3.8) is 0 Å². The van der Waals surface area contributed by atoms with E-state index in [1.54, 1.807) is 25.2 Å². The van der Waals surface area contributed by atoms with Crippen molar-refractivity contribution in [1.29, 1.82) is 0 Å². The minimum Gasteiger partial charge on any atom is -0.326 e. The molecule has 1 amide bonds. The number of rotatable bonds is 5. The molecular formula is C19H30ClN3O3S. The molecule has 8 heteroatoms. The number of hydrogen-bond acceptors (Lipinski definition) is 4. The summed E-state index contributed by atoms with van der Waals surface area (Å²) in [4.78, 5) is 12.9. The lowest BCUT2D eigenvalue weighted by Gasteiger charge is -2.23. The average molecular weight is 416 g/mol. The van der Waals surface area contributed by atoms with Gasteiger partial charge in [0.1, 0.15) is 0 Å². The van der Waals surface area contributed by atoms with Gasteiger partial charge in [0.25, 0.3) is 0 Å². The largest absolute Gasteiger partial charge is 0.326 e. The number of amides is 1. The van der Waals surface area contributed by atoms with E-state index in [1.165, 1.54) is 4.31 Å². The van der Waals surface area contributed by atoms with Crippen LogP contribution >= 0.6 is 12.4 Å². The molecule has 1 aliphatic heterocycles. The summed E-state index contributed by atoms with van der Waals surface area (Å²) in [6.45, 7) is 7.49. The van der Waals surface area contributed by atoms with Crippen molar-refractivity contribution in [2.24, 2.45) is 11.3 Å². The van der Waals surface area contributed by atoms with Crippen LogP contribution in [0, 0.1) is 18.3 Å². The molecule has 2 N–H and O–H groups in total. The summed E-state index contributed by atoms with van der Waals surface area (Å²) in [6.07, 6.45) is 3.02. The molecule has 1 unspecified atom stereocenters. The number of anilines is 1. The summed E-state index contributed by atoms with van der Waals surface area (Å²) < 4.78 is 26.8. The molecule has 27 heavy (non-hydrogen) atoms. The van der Waals surface area contributed by atoms with E-state index in [9.17, 15) is 13.2 Å². The zero-order valence-corrected chi connectivity index (χ0v) is 18.0. The summed E-state index contributed by atoms with van der Waals surface area (Å²) in [6, 6.07) is 4.80. The third-order valence-corrected chi connectivity index (χ3v) is 8.01. The highest BCUT2D eigenvalue weighted by molar-refractivity contribution is 7.89. The first-order valence-electron chi connectivity index (χ1n) is 9.28. The molecule has 1 saturated carbocycles. The summed E-state index contributed by atoms with van der Waals surface area (Å²) in [5.74, 6) is 0.0596. The lowest BCUT2D eigenvalue weighted by atomic mass is 9.91. The highest BCUT2D eigenvalue weighted by atomic mass is 35.5. The van der Waals surface area contributed by atoms with Gasteiger partial charge < -0.3 is 10.6 Å². The SMILES string of the molecule is Cc1ccc(S(=O)(=O)N(C)C(C)C)cc1NC(=O)C1CC12CCNCC2.Cl. The Morgan fingerprint density at radius 3 is 2.52 bits per heavy atom. The molecule has 1 spiro atoms. The highest BCUT2D eigenvalue weighted by Crippen LogP contribution is 2.58. The Morgan fingerprint density at radius 2 is 1.93 bits per heavy atom. The lowest BCUT2D eigenvalue weighted by Crippen LogP contribution is -2.33. The molecule has 152 valence electrons. The van der Waals surface area contributed by atoms with Gasteiger partial charge in [-0.05, 0) is 76.2 Å². The van der Waals surface area contributed by atoms with E-state index in [2.05, 4.69) is 10.6 Å². The molecule has 6 nitrogen and oxygen atoms in total. The fourth-order valence-electron chi connectivity index (χ4n) is 3.76. The Morgan fingerprint density at radius 1 is 1.30 bits per heavy atom. The number of halogens is 1. The highest BCUT2D eigenvalue weighted by Gasteiger charge is 2.57. The number of hydrogen-bond donors (Lipinski definition) is 2. The molecule has 1 heterocycles. The van der Waals surface area contributed by atoms with Crippen molar-refractivity contribution in [1.82, 2.24) is 9.62 Å². The minimum atomic E-state index is -3.57. The lowest BCUT2D eigenvalue weighted by molar-refractivity contribution is -0.118. The Balaban J connectivity index is 0.00000261. The predicted molar refractivity (Wildman–Crippen MR) is 110 cm³/mol. The first-order valence-corrected chi connectivity index (χ1v) is 10.7. The number of nitrogens with zero attached hydrogens (tertiary/aromatic N) is 1. The molecule has 1 saturated heterocycles. The van der Waals surface area contributed by atoms with Gasteiger partial charge in [0.05, 0.1) is 4.90 Å². The van der Waals surface area contributed by atoms with Crippen LogP contribution in [0.3, 0.4) is 0 Å². The van der Waals surface area contributed by atoms with Crippen molar-refractivity contribution in [3.05, 3.63) is 23.8 Å². The van der Waals surface area contributed by atoms with Crippen LogP contribution in [0.25, 0.3) is 0 Å². The van der Waals surface area contributed by atoms with Crippen LogP contribution < -0.4 is 10.6 Å². The van der Waals surface area contributed by atoms with Gasteiger partial charge in [0.15, 0.2) is 0 Å². The van der Waals surface area contributed by atoms with Crippen LogP contribution in [0.1, 0.15) is 38.7 Å². The molecule has 3 rings (SSSR count). The fraction of sp³-hybridized carbons (Fsp3) is 0.632. The molecule has 0 bridgehead atoms. The number of aryl methyl sites for hydroxylation is 1. The van der Waals surface area contributed by atoms with Gasteiger partial charge in [-0.25, -0.2) is 8.42 Å². The van der Waals surface area contributed by atoms with Crippen LogP contribution in [-0.2, 0) is 14.8 Å². The van der Waals surface area contributed by atoms with Crippen molar-refractivity contribution in [2.75, 3.05) is 25.5 Å². The van der Waals surface area contributed by atoms with Gasteiger partial charge >= 0.3 is 0 Å². The fourth-order valence-corrected chi connectivity index (χ4v) is 5.15. The quantitative estimate of drug-likeness (QED) is 0.775. The number of nitrogens with one attached hydrogen (secondary N) is 2. The Bertz CT molecular complexity index is 804. The van der Waals surface area contributed by atoms with Crippen molar-refractivity contribution >= 4 is 34.0 Å². The van der Waals surface area contributed by atoms with Crippen LogP contribution in [0.4, 0.5) is 5.69 Å². The second-order valence-corrected chi connectivity index (χ2v) is 9.95. The standard InChI is InChI=1S/C19H29N3O3S.ClH/c1-13(2)22(4)26(24,25)15-6-5-14(3)17(11-15)21-18(23)16-12-19(16)7-9-20-10-8-19;/h5-6,11,13,16,20H,7-10,12H2,1-4H3,(H,21,23);1H. The van der Waals surface area contributed by atoms with Crippen LogP contribution in [0.2, 0.25) is 0 Å².